The summed E-state index contributed by atoms with van der Waals surface area (Å²) in [6.07, 6.45) is -1.27. The molecule has 1 aliphatic heterocycles. The molecule has 3 rings (SSSR count). The maximum Gasteiger partial charge on any atom is 0.434 e. The Bertz CT molecular complexity index is 555. The summed E-state index contributed by atoms with van der Waals surface area (Å²) < 4.78 is 37.4. The number of nitrogens with zero attached hydrogens (tertiary/aromatic N) is 4. The Kier molecular flexibility index (Phi) is 2.47. The van der Waals surface area contributed by atoms with E-state index in [2.05, 4.69) is 15.0 Å². The van der Waals surface area contributed by atoms with E-state index in [-0.39, 0.29) is 0 Å². The average molecular weight is 272 g/mol. The molecule has 18 heavy (non-hydrogen) atoms. The van der Waals surface area contributed by atoms with E-state index in [1.165, 1.54) is 6.33 Å². The fourth-order valence-electron chi connectivity index (χ4n) is 1.78. The third-order valence-electron chi connectivity index (χ3n) is 2.64. The van der Waals surface area contributed by atoms with Crippen LogP contribution >= 0.6 is 11.3 Å². The molecule has 2 aromatic heterocycles. The van der Waals surface area contributed by atoms with Crippen LogP contribution < -0.4 is 4.90 Å². The number of thiazole rings is 1. The van der Waals surface area contributed by atoms with Gasteiger partial charge < -0.3 is 4.90 Å². The van der Waals surface area contributed by atoms with Gasteiger partial charge in [-0.2, -0.15) is 13.2 Å². The van der Waals surface area contributed by atoms with E-state index in [1.54, 1.807) is 11.1 Å². The van der Waals surface area contributed by atoms with Gasteiger partial charge in [-0.25, -0.2) is 15.0 Å². The van der Waals surface area contributed by atoms with Crippen molar-refractivity contribution in [1.82, 2.24) is 15.0 Å². The van der Waals surface area contributed by atoms with Crippen molar-refractivity contribution in [2.75, 3.05) is 4.90 Å². The lowest BCUT2D eigenvalue weighted by Gasteiger charge is -2.12. The minimum Gasteiger partial charge on any atom is -0.338 e. The number of halogens is 3. The number of aromatic nitrogens is 3. The van der Waals surface area contributed by atoms with Crippen molar-refractivity contribution in [2.45, 2.75) is 19.3 Å². The highest BCUT2D eigenvalue weighted by Crippen LogP contribution is 2.35. The van der Waals surface area contributed by atoms with Gasteiger partial charge in [0.15, 0.2) is 10.8 Å². The van der Waals surface area contributed by atoms with E-state index in [0.717, 1.165) is 28.0 Å². The molecular weight excluding hydrogens is 265 g/mol. The molecule has 0 bridgehead atoms. The predicted molar refractivity (Wildman–Crippen MR) is 59.0 cm³/mol. The number of alkyl halides is 3. The third-order valence-corrected chi connectivity index (χ3v) is 3.54. The first kappa shape index (κ1) is 11.4. The van der Waals surface area contributed by atoms with Crippen LogP contribution in [0.2, 0.25) is 0 Å². The van der Waals surface area contributed by atoms with Crippen LogP contribution in [0.25, 0.3) is 0 Å². The summed E-state index contributed by atoms with van der Waals surface area (Å²) in [5.41, 5.74) is 0.930. The molecular formula is C10H7F3N4S. The molecule has 1 aliphatic rings. The maximum absolute atomic E-state index is 12.5. The summed E-state index contributed by atoms with van der Waals surface area (Å²) in [6, 6.07) is 0. The van der Waals surface area contributed by atoms with Crippen LogP contribution in [0.4, 0.5) is 18.3 Å². The van der Waals surface area contributed by atoms with Crippen LogP contribution in [0.15, 0.2) is 17.9 Å². The Hall–Kier alpha value is -1.70. The minimum absolute atomic E-state index is 0.361. The average Bonchev–Trinajstić information content (AvgIpc) is 2.94. The van der Waals surface area contributed by atoms with Crippen molar-refractivity contribution in [3.8, 4) is 0 Å². The molecule has 3 heterocycles. The molecule has 0 aromatic carbocycles. The molecule has 4 nitrogen and oxygen atoms in total. The molecule has 0 radical (unpaired) electrons. The number of fused-ring (bicyclic) bond motifs is 1. The van der Waals surface area contributed by atoms with E-state index in [4.69, 9.17) is 0 Å². The summed E-state index contributed by atoms with van der Waals surface area (Å²) >= 11 is 0.991. The van der Waals surface area contributed by atoms with E-state index in [1.807, 2.05) is 0 Å². The molecule has 0 spiro atoms. The van der Waals surface area contributed by atoms with Gasteiger partial charge in [-0.05, 0) is 0 Å². The Morgan fingerprint density at radius 2 is 2.11 bits per heavy atom. The van der Waals surface area contributed by atoms with Crippen molar-refractivity contribution >= 4 is 16.5 Å². The lowest BCUT2D eigenvalue weighted by molar-refractivity contribution is -0.140. The van der Waals surface area contributed by atoms with Crippen LogP contribution in [0.5, 0.6) is 0 Å². The van der Waals surface area contributed by atoms with Crippen LogP contribution in [0, 0.1) is 0 Å². The molecule has 0 amide bonds. The molecule has 0 saturated carbocycles. The van der Waals surface area contributed by atoms with Crippen LogP contribution in [-0.2, 0) is 19.3 Å². The minimum atomic E-state index is -4.39. The highest BCUT2D eigenvalue weighted by atomic mass is 32.1. The second-order valence-electron chi connectivity index (χ2n) is 3.86. The quantitative estimate of drug-likeness (QED) is 0.799. The molecule has 0 unspecified atom stereocenters. The molecule has 0 atom stereocenters. The smallest absolute Gasteiger partial charge is 0.338 e. The van der Waals surface area contributed by atoms with Gasteiger partial charge in [-0.3, -0.25) is 0 Å². The number of hydrogen-bond donors (Lipinski definition) is 0. The third kappa shape index (κ3) is 1.92. The van der Waals surface area contributed by atoms with E-state index in [0.29, 0.717) is 18.2 Å². The van der Waals surface area contributed by atoms with Crippen LogP contribution in [0.3, 0.4) is 0 Å². The summed E-state index contributed by atoms with van der Waals surface area (Å²) in [5, 5.41) is 1.39. The summed E-state index contributed by atoms with van der Waals surface area (Å²) in [4.78, 5) is 13.4. The molecule has 2 aromatic rings. The van der Waals surface area contributed by atoms with E-state index in [9.17, 15) is 13.2 Å². The zero-order valence-electron chi connectivity index (χ0n) is 8.98. The summed E-state index contributed by atoms with van der Waals surface area (Å²) in [5.74, 6) is 0. The SMILES string of the molecule is FC(F)(F)c1csc(N2Cc3cncnc3C2)n1. The van der Waals surface area contributed by atoms with Gasteiger partial charge >= 0.3 is 6.18 Å². The zero-order valence-corrected chi connectivity index (χ0v) is 9.79. The van der Waals surface area contributed by atoms with Gasteiger partial charge in [0.1, 0.15) is 6.33 Å². The zero-order chi connectivity index (χ0) is 12.8. The molecule has 94 valence electrons. The molecule has 0 fully saturated rings. The van der Waals surface area contributed by atoms with Gasteiger partial charge in [-0.1, -0.05) is 0 Å². The number of anilines is 1. The molecule has 0 aliphatic carbocycles. The second-order valence-corrected chi connectivity index (χ2v) is 4.70. The summed E-state index contributed by atoms with van der Waals surface area (Å²) in [7, 11) is 0. The Morgan fingerprint density at radius 3 is 2.78 bits per heavy atom. The largest absolute Gasteiger partial charge is 0.434 e. The standard InChI is InChI=1S/C10H7F3N4S/c11-10(12,13)8-4-18-9(16-8)17-2-6-1-14-5-15-7(6)3-17/h1,4-5H,2-3H2. The van der Waals surface area contributed by atoms with Gasteiger partial charge in [0.2, 0.25) is 0 Å². The molecule has 0 saturated heterocycles. The molecule has 8 heteroatoms. The highest BCUT2D eigenvalue weighted by molar-refractivity contribution is 7.13. The predicted octanol–water partition coefficient (Wildman–Crippen LogP) is 2.47. The first-order valence-corrected chi connectivity index (χ1v) is 5.97. The number of rotatable bonds is 1. The van der Waals surface area contributed by atoms with Crippen molar-refractivity contribution in [3.05, 3.63) is 34.9 Å². The lowest BCUT2D eigenvalue weighted by atomic mass is 10.3. The van der Waals surface area contributed by atoms with Crippen molar-refractivity contribution < 1.29 is 13.2 Å². The Morgan fingerprint density at radius 1 is 1.28 bits per heavy atom. The monoisotopic (exact) mass is 272 g/mol. The first-order valence-electron chi connectivity index (χ1n) is 5.09. The Balaban J connectivity index is 1.85. The Labute approximate surface area is 104 Å². The van der Waals surface area contributed by atoms with E-state index >= 15 is 0 Å². The van der Waals surface area contributed by atoms with Gasteiger partial charge in [0.25, 0.3) is 0 Å². The fourth-order valence-corrected chi connectivity index (χ4v) is 2.61. The maximum atomic E-state index is 12.5. The number of hydrogen-bond acceptors (Lipinski definition) is 5. The normalized spacial score (nSPS) is 14.9. The first-order chi connectivity index (χ1) is 8.54. The van der Waals surface area contributed by atoms with Crippen LogP contribution in [0.1, 0.15) is 17.0 Å². The van der Waals surface area contributed by atoms with Crippen molar-refractivity contribution in [1.29, 1.82) is 0 Å². The van der Waals surface area contributed by atoms with Gasteiger partial charge in [0.05, 0.1) is 12.2 Å². The van der Waals surface area contributed by atoms with Crippen molar-refractivity contribution in [2.24, 2.45) is 0 Å². The van der Waals surface area contributed by atoms with Crippen molar-refractivity contribution in [3.63, 3.8) is 0 Å². The second kappa shape index (κ2) is 3.91. The topological polar surface area (TPSA) is 41.9 Å². The van der Waals surface area contributed by atoms with Gasteiger partial charge in [0, 0.05) is 23.7 Å². The fraction of sp³-hybridized carbons (Fsp3) is 0.300. The summed E-state index contributed by atoms with van der Waals surface area (Å²) in [6.45, 7) is 0.976. The van der Waals surface area contributed by atoms with E-state index < -0.39 is 11.9 Å². The molecule has 0 N–H and O–H groups in total. The van der Waals surface area contributed by atoms with Crippen LogP contribution in [-0.4, -0.2) is 15.0 Å². The highest BCUT2D eigenvalue weighted by Gasteiger charge is 2.35. The van der Waals surface area contributed by atoms with Gasteiger partial charge in [-0.15, -0.1) is 11.3 Å². The lowest BCUT2D eigenvalue weighted by Crippen LogP contribution is -2.15.